The van der Waals surface area contributed by atoms with E-state index < -0.39 is 0 Å². The molecule has 0 amide bonds. The molecule has 1 aliphatic rings. The van der Waals surface area contributed by atoms with Crippen LogP contribution < -0.4 is 5.73 Å². The number of imidazole rings is 1. The number of hydrogen-bond donors (Lipinski definition) is 2. The summed E-state index contributed by atoms with van der Waals surface area (Å²) < 4.78 is 5.55. The number of aromatic nitrogens is 2. The van der Waals surface area contributed by atoms with Gasteiger partial charge in [-0.2, -0.15) is 0 Å². The van der Waals surface area contributed by atoms with E-state index in [1.165, 1.54) is 0 Å². The normalized spacial score (nSPS) is 22.5. The Labute approximate surface area is 77.5 Å². The van der Waals surface area contributed by atoms with Crippen molar-refractivity contribution in [1.29, 1.82) is 0 Å². The number of nitrogens with one attached hydrogen (secondary N) is 1. The highest BCUT2D eigenvalue weighted by atomic mass is 16.5. The number of hydrogen-bond acceptors (Lipinski definition) is 3. The number of ether oxygens (including phenoxy) is 1. The maximum Gasteiger partial charge on any atom is 0.120 e. The highest BCUT2D eigenvalue weighted by Gasteiger charge is 2.22. The van der Waals surface area contributed by atoms with Gasteiger partial charge >= 0.3 is 0 Å². The SMILES string of the molecule is Cc1[nH]c(CN)nc1C1CCCO1. The van der Waals surface area contributed by atoms with E-state index >= 15 is 0 Å². The average Bonchev–Trinajstić information content (AvgIpc) is 2.72. The van der Waals surface area contributed by atoms with Crippen LogP contribution in [0.3, 0.4) is 0 Å². The highest BCUT2D eigenvalue weighted by Crippen LogP contribution is 2.28. The molecule has 72 valence electrons. The minimum absolute atomic E-state index is 0.191. The number of H-pyrrole nitrogens is 1. The molecule has 4 heteroatoms. The van der Waals surface area contributed by atoms with Gasteiger partial charge in [0.2, 0.25) is 0 Å². The van der Waals surface area contributed by atoms with Crippen molar-refractivity contribution in [3.05, 3.63) is 17.2 Å². The summed E-state index contributed by atoms with van der Waals surface area (Å²) in [5.74, 6) is 0.850. The number of aromatic amines is 1. The molecular weight excluding hydrogens is 166 g/mol. The maximum atomic E-state index is 5.55. The van der Waals surface area contributed by atoms with Gasteiger partial charge in [0.15, 0.2) is 0 Å². The second kappa shape index (κ2) is 3.47. The van der Waals surface area contributed by atoms with Gasteiger partial charge in [-0.3, -0.25) is 0 Å². The first-order valence-electron chi connectivity index (χ1n) is 4.68. The van der Waals surface area contributed by atoms with E-state index in [0.29, 0.717) is 6.54 Å². The number of nitrogens with zero attached hydrogens (tertiary/aromatic N) is 1. The molecule has 1 aliphatic heterocycles. The third-order valence-electron chi connectivity index (χ3n) is 2.40. The highest BCUT2D eigenvalue weighted by molar-refractivity contribution is 5.16. The zero-order valence-corrected chi connectivity index (χ0v) is 7.84. The molecule has 0 radical (unpaired) electrons. The molecule has 2 heterocycles. The predicted molar refractivity (Wildman–Crippen MR) is 49.1 cm³/mol. The Hall–Kier alpha value is -0.870. The Kier molecular flexibility index (Phi) is 2.33. The van der Waals surface area contributed by atoms with E-state index in [4.69, 9.17) is 10.5 Å². The largest absolute Gasteiger partial charge is 0.372 e. The predicted octanol–water partition coefficient (Wildman–Crippen LogP) is 1.03. The van der Waals surface area contributed by atoms with Crippen molar-refractivity contribution in [2.24, 2.45) is 5.73 Å². The summed E-state index contributed by atoms with van der Waals surface area (Å²) in [6, 6.07) is 0. The van der Waals surface area contributed by atoms with Gasteiger partial charge in [0, 0.05) is 12.3 Å². The molecule has 0 aliphatic carbocycles. The third-order valence-corrected chi connectivity index (χ3v) is 2.40. The van der Waals surface area contributed by atoms with Crippen LogP contribution in [0, 0.1) is 6.92 Å². The summed E-state index contributed by atoms with van der Waals surface area (Å²) in [6.45, 7) is 3.34. The van der Waals surface area contributed by atoms with Crippen LogP contribution in [0.1, 0.15) is 36.2 Å². The van der Waals surface area contributed by atoms with Crippen LogP contribution >= 0.6 is 0 Å². The molecule has 1 saturated heterocycles. The standard InChI is InChI=1S/C9H15N3O/c1-6-9(7-3-2-4-13-7)12-8(5-10)11-6/h7H,2-5,10H2,1H3,(H,11,12). The van der Waals surface area contributed by atoms with E-state index in [0.717, 1.165) is 36.7 Å². The minimum Gasteiger partial charge on any atom is -0.372 e. The van der Waals surface area contributed by atoms with E-state index in [1.807, 2.05) is 6.92 Å². The number of aryl methyl sites for hydroxylation is 1. The van der Waals surface area contributed by atoms with Crippen molar-refractivity contribution in [1.82, 2.24) is 9.97 Å². The van der Waals surface area contributed by atoms with Crippen LogP contribution in [0.2, 0.25) is 0 Å². The maximum absolute atomic E-state index is 5.55. The van der Waals surface area contributed by atoms with Crippen LogP contribution in [0.4, 0.5) is 0 Å². The molecule has 1 aromatic heterocycles. The molecule has 1 fully saturated rings. The van der Waals surface area contributed by atoms with Crippen molar-refractivity contribution in [2.45, 2.75) is 32.4 Å². The summed E-state index contributed by atoms with van der Waals surface area (Å²) in [5.41, 5.74) is 7.63. The first kappa shape index (κ1) is 8.72. The molecule has 4 nitrogen and oxygen atoms in total. The van der Waals surface area contributed by atoms with Crippen LogP contribution in [0.15, 0.2) is 0 Å². The molecule has 0 spiro atoms. The first-order valence-corrected chi connectivity index (χ1v) is 4.68. The Balaban J connectivity index is 2.22. The molecular formula is C9H15N3O. The lowest BCUT2D eigenvalue weighted by Crippen LogP contribution is -2.00. The van der Waals surface area contributed by atoms with Gasteiger partial charge in [0.05, 0.1) is 12.2 Å². The first-order chi connectivity index (χ1) is 6.31. The second-order valence-corrected chi connectivity index (χ2v) is 3.40. The fraction of sp³-hybridized carbons (Fsp3) is 0.667. The third kappa shape index (κ3) is 1.59. The van der Waals surface area contributed by atoms with Gasteiger partial charge < -0.3 is 15.5 Å². The Morgan fingerprint density at radius 3 is 3.08 bits per heavy atom. The summed E-state index contributed by atoms with van der Waals surface area (Å²) in [5, 5.41) is 0. The topological polar surface area (TPSA) is 63.9 Å². The Morgan fingerprint density at radius 1 is 1.69 bits per heavy atom. The van der Waals surface area contributed by atoms with Crippen molar-refractivity contribution >= 4 is 0 Å². The van der Waals surface area contributed by atoms with Crippen LogP contribution in [-0.2, 0) is 11.3 Å². The van der Waals surface area contributed by atoms with Gasteiger partial charge in [-0.1, -0.05) is 0 Å². The van der Waals surface area contributed by atoms with Crippen molar-refractivity contribution < 1.29 is 4.74 Å². The molecule has 2 rings (SSSR count). The Morgan fingerprint density at radius 2 is 2.54 bits per heavy atom. The molecule has 3 N–H and O–H groups in total. The summed E-state index contributed by atoms with van der Waals surface area (Å²) in [6.07, 6.45) is 2.40. The van der Waals surface area contributed by atoms with Crippen molar-refractivity contribution in [2.75, 3.05) is 6.61 Å². The second-order valence-electron chi connectivity index (χ2n) is 3.40. The average molecular weight is 181 g/mol. The fourth-order valence-electron chi connectivity index (χ4n) is 1.74. The quantitative estimate of drug-likeness (QED) is 0.716. The van der Waals surface area contributed by atoms with E-state index in [-0.39, 0.29) is 6.10 Å². The lowest BCUT2D eigenvalue weighted by atomic mass is 10.1. The number of rotatable bonds is 2. The molecule has 0 aromatic carbocycles. The molecule has 1 atom stereocenters. The van der Waals surface area contributed by atoms with Crippen LogP contribution in [-0.4, -0.2) is 16.6 Å². The summed E-state index contributed by atoms with van der Waals surface area (Å²) >= 11 is 0. The van der Waals surface area contributed by atoms with E-state index in [1.54, 1.807) is 0 Å². The lowest BCUT2D eigenvalue weighted by Gasteiger charge is -2.05. The molecule has 1 unspecified atom stereocenters. The summed E-state index contributed by atoms with van der Waals surface area (Å²) in [7, 11) is 0. The monoisotopic (exact) mass is 181 g/mol. The van der Waals surface area contributed by atoms with Gasteiger partial charge in [0.25, 0.3) is 0 Å². The van der Waals surface area contributed by atoms with Crippen molar-refractivity contribution in [3.8, 4) is 0 Å². The number of nitrogens with two attached hydrogens (primary N) is 1. The summed E-state index contributed by atoms with van der Waals surface area (Å²) in [4.78, 5) is 7.56. The van der Waals surface area contributed by atoms with Gasteiger partial charge in [0.1, 0.15) is 11.9 Å². The van der Waals surface area contributed by atoms with Gasteiger partial charge in [-0.05, 0) is 19.8 Å². The minimum atomic E-state index is 0.191. The molecule has 13 heavy (non-hydrogen) atoms. The van der Waals surface area contributed by atoms with E-state index in [9.17, 15) is 0 Å². The van der Waals surface area contributed by atoms with Gasteiger partial charge in [-0.15, -0.1) is 0 Å². The fourth-order valence-corrected chi connectivity index (χ4v) is 1.74. The van der Waals surface area contributed by atoms with E-state index in [2.05, 4.69) is 9.97 Å². The molecule has 1 aromatic rings. The smallest absolute Gasteiger partial charge is 0.120 e. The van der Waals surface area contributed by atoms with Gasteiger partial charge in [-0.25, -0.2) is 4.98 Å². The Bertz CT molecular complexity index is 289. The van der Waals surface area contributed by atoms with Crippen molar-refractivity contribution in [3.63, 3.8) is 0 Å². The molecule has 0 bridgehead atoms. The molecule has 0 saturated carbocycles. The zero-order valence-electron chi connectivity index (χ0n) is 7.84. The van der Waals surface area contributed by atoms with Crippen LogP contribution in [0.25, 0.3) is 0 Å². The zero-order chi connectivity index (χ0) is 9.26. The van der Waals surface area contributed by atoms with Crippen LogP contribution in [0.5, 0.6) is 0 Å². The lowest BCUT2D eigenvalue weighted by molar-refractivity contribution is 0.108.